The smallest absolute Gasteiger partial charge is 0.211 e. The third-order valence-corrected chi connectivity index (χ3v) is 5.94. The monoisotopic (exact) mass is 411 g/mol. The van der Waals surface area contributed by atoms with Crippen molar-refractivity contribution in [2.75, 3.05) is 6.54 Å². The van der Waals surface area contributed by atoms with E-state index in [0.29, 0.717) is 11.0 Å². The lowest BCUT2D eigenvalue weighted by Crippen LogP contribution is -2.27. The van der Waals surface area contributed by atoms with Gasteiger partial charge >= 0.3 is 0 Å². The number of nitrogens with one attached hydrogen (secondary N) is 1. The lowest BCUT2D eigenvalue weighted by molar-refractivity contribution is 0.378. The second kappa shape index (κ2) is 6.24. The summed E-state index contributed by atoms with van der Waals surface area (Å²) in [5.74, 6) is 0. The first kappa shape index (κ1) is 17.1. The Morgan fingerprint density at radius 1 is 1.16 bits per heavy atom. The summed E-state index contributed by atoms with van der Waals surface area (Å²) in [6, 6.07) is 3.42. The molecule has 0 aliphatic heterocycles. The van der Waals surface area contributed by atoms with Gasteiger partial charge in [-0.3, -0.25) is 0 Å². The minimum atomic E-state index is -3.48. The molecule has 0 heterocycles. The van der Waals surface area contributed by atoms with E-state index in [1.165, 1.54) is 0 Å². The molecule has 0 saturated heterocycles. The predicted molar refractivity (Wildman–Crippen MR) is 85.8 cm³/mol. The Morgan fingerprint density at radius 3 is 2.26 bits per heavy atom. The average molecular weight is 413 g/mol. The van der Waals surface area contributed by atoms with Crippen molar-refractivity contribution in [1.82, 2.24) is 4.72 Å². The van der Waals surface area contributed by atoms with Crippen LogP contribution in [0, 0.1) is 12.3 Å². The molecule has 0 bridgehead atoms. The van der Waals surface area contributed by atoms with Crippen LogP contribution in [0.15, 0.2) is 26.0 Å². The molecule has 6 heteroatoms. The van der Waals surface area contributed by atoms with E-state index in [1.807, 2.05) is 6.92 Å². The van der Waals surface area contributed by atoms with Crippen molar-refractivity contribution in [1.29, 1.82) is 0 Å². The summed E-state index contributed by atoms with van der Waals surface area (Å²) in [5.41, 5.74) is 1.09. The molecule has 1 aromatic rings. The van der Waals surface area contributed by atoms with E-state index in [4.69, 9.17) is 0 Å². The molecule has 0 aliphatic carbocycles. The molecule has 0 radical (unpaired) electrons. The summed E-state index contributed by atoms with van der Waals surface area (Å²) in [6.45, 7) is 8.60. The summed E-state index contributed by atoms with van der Waals surface area (Å²) < 4.78 is 28.5. The quantitative estimate of drug-likeness (QED) is 0.803. The van der Waals surface area contributed by atoms with E-state index < -0.39 is 10.0 Å². The van der Waals surface area contributed by atoms with Crippen molar-refractivity contribution >= 4 is 41.9 Å². The molecule has 3 nitrogen and oxygen atoms in total. The van der Waals surface area contributed by atoms with Crippen LogP contribution < -0.4 is 4.72 Å². The molecule has 1 rings (SSSR count). The molecule has 19 heavy (non-hydrogen) atoms. The lowest BCUT2D eigenvalue weighted by atomic mass is 9.93. The van der Waals surface area contributed by atoms with E-state index >= 15 is 0 Å². The van der Waals surface area contributed by atoms with Gasteiger partial charge in [0.15, 0.2) is 0 Å². The molecule has 0 fully saturated rings. The van der Waals surface area contributed by atoms with Crippen molar-refractivity contribution in [2.24, 2.45) is 5.41 Å². The van der Waals surface area contributed by atoms with Crippen molar-refractivity contribution in [3.63, 3.8) is 0 Å². The van der Waals surface area contributed by atoms with E-state index in [0.717, 1.165) is 16.5 Å². The van der Waals surface area contributed by atoms with Gasteiger partial charge in [0, 0.05) is 15.5 Å². The van der Waals surface area contributed by atoms with Crippen LogP contribution in [0.4, 0.5) is 0 Å². The zero-order valence-electron chi connectivity index (χ0n) is 11.5. The molecular formula is C13H19Br2NO2S. The van der Waals surface area contributed by atoms with E-state index in [1.54, 1.807) is 12.1 Å². The van der Waals surface area contributed by atoms with Gasteiger partial charge in [-0.15, -0.1) is 0 Å². The van der Waals surface area contributed by atoms with Crippen LogP contribution in [0.25, 0.3) is 0 Å². The van der Waals surface area contributed by atoms with Crippen molar-refractivity contribution in [3.05, 3.63) is 26.6 Å². The van der Waals surface area contributed by atoms with Gasteiger partial charge in [-0.1, -0.05) is 36.7 Å². The van der Waals surface area contributed by atoms with Gasteiger partial charge in [0.2, 0.25) is 10.0 Å². The molecule has 0 spiro atoms. The van der Waals surface area contributed by atoms with Gasteiger partial charge in [0.25, 0.3) is 0 Å². The van der Waals surface area contributed by atoms with Gasteiger partial charge in [0.1, 0.15) is 0 Å². The Hall–Kier alpha value is 0.0900. The molecule has 0 aromatic heterocycles. The van der Waals surface area contributed by atoms with Crippen molar-refractivity contribution < 1.29 is 8.42 Å². The normalized spacial score (nSPS) is 12.7. The van der Waals surface area contributed by atoms with E-state index in [9.17, 15) is 8.42 Å². The molecule has 1 N–H and O–H groups in total. The zero-order valence-corrected chi connectivity index (χ0v) is 15.5. The lowest BCUT2D eigenvalue weighted by Gasteiger charge is -2.18. The van der Waals surface area contributed by atoms with Crippen LogP contribution in [0.1, 0.15) is 32.8 Å². The molecular weight excluding hydrogens is 394 g/mol. The summed E-state index contributed by atoms with van der Waals surface area (Å²) in [7, 11) is -3.48. The van der Waals surface area contributed by atoms with Crippen LogP contribution in [-0.4, -0.2) is 15.0 Å². The predicted octanol–water partition coefficient (Wildman–Crippen LogP) is 4.23. The zero-order chi connectivity index (χ0) is 14.8. The maximum absolute atomic E-state index is 12.2. The molecule has 0 amide bonds. The first-order chi connectivity index (χ1) is 8.53. The summed E-state index contributed by atoms with van der Waals surface area (Å²) >= 11 is 6.67. The number of sulfonamides is 1. The van der Waals surface area contributed by atoms with Gasteiger partial charge < -0.3 is 0 Å². The summed E-state index contributed by atoms with van der Waals surface area (Å²) in [6.07, 6.45) is 0.789. The Balaban J connectivity index is 2.92. The number of aryl methyl sites for hydroxylation is 1. The van der Waals surface area contributed by atoms with E-state index in [2.05, 4.69) is 57.4 Å². The maximum Gasteiger partial charge on any atom is 0.241 e. The first-order valence-electron chi connectivity index (χ1n) is 5.98. The summed E-state index contributed by atoms with van der Waals surface area (Å²) in [5, 5.41) is 0. The summed E-state index contributed by atoms with van der Waals surface area (Å²) in [4.78, 5) is 0.263. The molecule has 0 aliphatic rings. The fourth-order valence-corrected chi connectivity index (χ4v) is 4.18. The second-order valence-electron chi connectivity index (χ2n) is 5.74. The highest BCUT2D eigenvalue weighted by Gasteiger charge is 2.20. The van der Waals surface area contributed by atoms with E-state index in [-0.39, 0.29) is 10.3 Å². The van der Waals surface area contributed by atoms with Gasteiger partial charge in [-0.25, -0.2) is 13.1 Å². The van der Waals surface area contributed by atoms with Crippen LogP contribution in [0.3, 0.4) is 0 Å². The molecule has 108 valence electrons. The molecule has 0 atom stereocenters. The maximum atomic E-state index is 12.2. The van der Waals surface area contributed by atoms with Crippen LogP contribution in [-0.2, 0) is 10.0 Å². The molecule has 0 unspecified atom stereocenters. The third kappa shape index (κ3) is 5.17. The Bertz CT molecular complexity index is 563. The largest absolute Gasteiger partial charge is 0.241 e. The number of rotatable bonds is 4. The van der Waals surface area contributed by atoms with Crippen molar-refractivity contribution in [2.45, 2.75) is 39.0 Å². The van der Waals surface area contributed by atoms with Gasteiger partial charge in [-0.2, -0.15) is 0 Å². The Labute approximate surface area is 132 Å². The van der Waals surface area contributed by atoms with Gasteiger partial charge in [0.05, 0.1) is 4.90 Å². The third-order valence-electron chi connectivity index (χ3n) is 2.67. The fraction of sp³-hybridized carbons (Fsp3) is 0.538. The fourth-order valence-electron chi connectivity index (χ4n) is 1.47. The Kier molecular flexibility index (Phi) is 5.63. The number of hydrogen-bond acceptors (Lipinski definition) is 2. The number of benzene rings is 1. The van der Waals surface area contributed by atoms with Crippen LogP contribution >= 0.6 is 31.9 Å². The molecule has 0 saturated carbocycles. The van der Waals surface area contributed by atoms with Crippen molar-refractivity contribution in [3.8, 4) is 0 Å². The standard InChI is InChI=1S/C13H19Br2NO2S/c1-9-7-11(15)12(8-10(9)14)19(17,18)16-6-5-13(2,3)4/h7-8,16H,5-6H2,1-4H3. The first-order valence-corrected chi connectivity index (χ1v) is 9.05. The average Bonchev–Trinajstić information content (AvgIpc) is 2.20. The highest BCUT2D eigenvalue weighted by atomic mass is 79.9. The minimum absolute atomic E-state index is 0.105. The highest BCUT2D eigenvalue weighted by molar-refractivity contribution is 9.11. The number of halogens is 2. The van der Waals surface area contributed by atoms with Gasteiger partial charge in [-0.05, 0) is 52.4 Å². The van der Waals surface area contributed by atoms with Crippen LogP contribution in [0.5, 0.6) is 0 Å². The Morgan fingerprint density at radius 2 is 1.74 bits per heavy atom. The van der Waals surface area contributed by atoms with Crippen LogP contribution in [0.2, 0.25) is 0 Å². The second-order valence-corrected chi connectivity index (χ2v) is 9.18. The highest BCUT2D eigenvalue weighted by Crippen LogP contribution is 2.29. The SMILES string of the molecule is Cc1cc(Br)c(S(=O)(=O)NCCC(C)(C)C)cc1Br. The number of hydrogen-bond donors (Lipinski definition) is 1. The minimum Gasteiger partial charge on any atom is -0.211 e. The molecule has 1 aromatic carbocycles. The topological polar surface area (TPSA) is 46.2 Å².